The van der Waals surface area contributed by atoms with Crippen LogP contribution in [0.1, 0.15) is 16.8 Å². The summed E-state index contributed by atoms with van der Waals surface area (Å²) >= 11 is 2.15. The molecule has 0 radical (unpaired) electrons. The molecule has 6 heteroatoms. The summed E-state index contributed by atoms with van der Waals surface area (Å²) in [6, 6.07) is 3.57. The lowest BCUT2D eigenvalue weighted by atomic mass is 10.1. The van der Waals surface area contributed by atoms with Crippen molar-refractivity contribution >= 4 is 28.5 Å². The lowest BCUT2D eigenvalue weighted by molar-refractivity contribution is 0.0786. The maximum absolute atomic E-state index is 12.6. The third kappa shape index (κ3) is 3.01. The molecule has 0 spiro atoms. The third-order valence-corrected chi connectivity index (χ3v) is 4.50. The van der Waals surface area contributed by atoms with Gasteiger partial charge in [0.2, 0.25) is 0 Å². The van der Waals surface area contributed by atoms with E-state index in [0.29, 0.717) is 29.5 Å². The van der Waals surface area contributed by atoms with Gasteiger partial charge in [-0.15, -0.1) is 0 Å². The van der Waals surface area contributed by atoms with Gasteiger partial charge < -0.3 is 20.1 Å². The molecule has 1 unspecified atom stereocenters. The molecule has 2 rings (SSSR count). The Morgan fingerprint density at radius 1 is 1.40 bits per heavy atom. The smallest absolute Gasteiger partial charge is 0.255 e. The van der Waals surface area contributed by atoms with Crippen molar-refractivity contribution in [1.82, 2.24) is 4.90 Å². The standard InChI is InChI=1S/C14H19IN2O3/c1-19-12-5-10(11(15)6-13(12)20-2)14(18)17-4-3-9(7-16)8-17/h5-6,9H,3-4,7-8,16H2,1-2H3. The van der Waals surface area contributed by atoms with Crippen LogP contribution in [0.25, 0.3) is 0 Å². The Bertz CT molecular complexity index is 507. The van der Waals surface area contributed by atoms with Gasteiger partial charge in [-0.3, -0.25) is 4.79 Å². The van der Waals surface area contributed by atoms with Crippen LogP contribution in [0.2, 0.25) is 0 Å². The van der Waals surface area contributed by atoms with E-state index in [-0.39, 0.29) is 5.91 Å². The number of amides is 1. The van der Waals surface area contributed by atoms with Crippen molar-refractivity contribution in [2.75, 3.05) is 33.9 Å². The van der Waals surface area contributed by atoms with Crippen LogP contribution in [0, 0.1) is 9.49 Å². The number of nitrogens with two attached hydrogens (primary N) is 1. The first-order valence-electron chi connectivity index (χ1n) is 6.51. The molecule has 1 aliphatic heterocycles. The summed E-state index contributed by atoms with van der Waals surface area (Å²) in [6.07, 6.45) is 0.978. The maximum Gasteiger partial charge on any atom is 0.255 e. The number of halogens is 1. The second-order valence-electron chi connectivity index (χ2n) is 4.83. The van der Waals surface area contributed by atoms with Crippen molar-refractivity contribution in [3.05, 3.63) is 21.3 Å². The lowest BCUT2D eigenvalue weighted by Crippen LogP contribution is -2.30. The van der Waals surface area contributed by atoms with E-state index < -0.39 is 0 Å². The summed E-state index contributed by atoms with van der Waals surface area (Å²) < 4.78 is 11.4. The van der Waals surface area contributed by atoms with Crippen LogP contribution in [0.4, 0.5) is 0 Å². The predicted molar refractivity (Wildman–Crippen MR) is 85.3 cm³/mol. The zero-order valence-corrected chi connectivity index (χ0v) is 13.8. The number of ether oxygens (including phenoxy) is 2. The van der Waals surface area contributed by atoms with Crippen LogP contribution in [0.5, 0.6) is 11.5 Å². The van der Waals surface area contributed by atoms with Crippen molar-refractivity contribution in [2.45, 2.75) is 6.42 Å². The molecule has 0 aliphatic carbocycles. The monoisotopic (exact) mass is 390 g/mol. The minimum absolute atomic E-state index is 0.0336. The van der Waals surface area contributed by atoms with E-state index in [4.69, 9.17) is 15.2 Å². The first-order chi connectivity index (χ1) is 9.60. The molecule has 110 valence electrons. The third-order valence-electron chi connectivity index (χ3n) is 3.61. The van der Waals surface area contributed by atoms with E-state index in [0.717, 1.165) is 23.1 Å². The minimum Gasteiger partial charge on any atom is -0.493 e. The molecule has 0 bridgehead atoms. The van der Waals surface area contributed by atoms with Crippen LogP contribution in [-0.4, -0.2) is 44.7 Å². The average Bonchev–Trinajstić information content (AvgIpc) is 2.95. The number of methoxy groups -OCH3 is 2. The van der Waals surface area contributed by atoms with Gasteiger partial charge in [0.15, 0.2) is 11.5 Å². The number of hydrogen-bond acceptors (Lipinski definition) is 4. The molecule has 1 saturated heterocycles. The van der Waals surface area contributed by atoms with Gasteiger partial charge in [-0.1, -0.05) is 0 Å². The molecule has 1 heterocycles. The summed E-state index contributed by atoms with van der Waals surface area (Å²) in [5.41, 5.74) is 6.33. The van der Waals surface area contributed by atoms with E-state index in [2.05, 4.69) is 22.6 Å². The minimum atomic E-state index is 0.0336. The number of likely N-dealkylation sites (tertiary alicyclic amines) is 1. The Kier molecular flexibility index (Phi) is 5.09. The van der Waals surface area contributed by atoms with E-state index in [1.165, 1.54) is 0 Å². The normalized spacial score (nSPS) is 18.2. The van der Waals surface area contributed by atoms with Crippen molar-refractivity contribution in [3.63, 3.8) is 0 Å². The van der Waals surface area contributed by atoms with Gasteiger partial charge in [-0.2, -0.15) is 0 Å². The molecule has 5 nitrogen and oxygen atoms in total. The highest BCUT2D eigenvalue weighted by Crippen LogP contribution is 2.32. The fourth-order valence-corrected chi connectivity index (χ4v) is 3.07. The van der Waals surface area contributed by atoms with E-state index in [1.54, 1.807) is 20.3 Å². The average molecular weight is 390 g/mol. The van der Waals surface area contributed by atoms with Gasteiger partial charge in [-0.25, -0.2) is 0 Å². The first kappa shape index (κ1) is 15.4. The summed E-state index contributed by atoms with van der Waals surface area (Å²) in [6.45, 7) is 2.14. The number of hydrogen-bond donors (Lipinski definition) is 1. The predicted octanol–water partition coefficient (Wildman–Crippen LogP) is 1.73. The van der Waals surface area contributed by atoms with Gasteiger partial charge in [0.1, 0.15) is 0 Å². The van der Waals surface area contributed by atoms with E-state index in [1.807, 2.05) is 11.0 Å². The second-order valence-corrected chi connectivity index (χ2v) is 5.99. The van der Waals surface area contributed by atoms with Gasteiger partial charge in [0.05, 0.1) is 19.8 Å². The molecular weight excluding hydrogens is 371 g/mol. The van der Waals surface area contributed by atoms with E-state index >= 15 is 0 Å². The van der Waals surface area contributed by atoms with Crippen LogP contribution in [0.15, 0.2) is 12.1 Å². The lowest BCUT2D eigenvalue weighted by Gasteiger charge is -2.18. The molecular formula is C14H19IN2O3. The molecule has 2 N–H and O–H groups in total. The molecule has 1 aromatic rings. The van der Waals surface area contributed by atoms with Crippen molar-refractivity contribution in [2.24, 2.45) is 11.7 Å². The Morgan fingerprint density at radius 3 is 2.60 bits per heavy atom. The quantitative estimate of drug-likeness (QED) is 0.796. The highest BCUT2D eigenvalue weighted by Gasteiger charge is 2.27. The highest BCUT2D eigenvalue weighted by atomic mass is 127. The number of carbonyl (C=O) groups excluding carboxylic acids is 1. The number of rotatable bonds is 4. The van der Waals surface area contributed by atoms with Gasteiger partial charge in [0.25, 0.3) is 5.91 Å². The van der Waals surface area contributed by atoms with Crippen molar-refractivity contribution in [3.8, 4) is 11.5 Å². The maximum atomic E-state index is 12.6. The Morgan fingerprint density at radius 2 is 2.05 bits per heavy atom. The van der Waals surface area contributed by atoms with Crippen LogP contribution < -0.4 is 15.2 Å². The zero-order chi connectivity index (χ0) is 14.7. The van der Waals surface area contributed by atoms with Gasteiger partial charge in [0, 0.05) is 16.7 Å². The summed E-state index contributed by atoms with van der Waals surface area (Å²) in [4.78, 5) is 14.4. The molecule has 1 amide bonds. The SMILES string of the molecule is COc1cc(I)c(C(=O)N2CCC(CN)C2)cc1OC. The zero-order valence-electron chi connectivity index (χ0n) is 11.7. The summed E-state index contributed by atoms with van der Waals surface area (Å²) in [5.74, 6) is 1.66. The van der Waals surface area contributed by atoms with Crippen molar-refractivity contribution < 1.29 is 14.3 Å². The molecule has 1 fully saturated rings. The van der Waals surface area contributed by atoms with Crippen LogP contribution >= 0.6 is 22.6 Å². The highest BCUT2D eigenvalue weighted by molar-refractivity contribution is 14.1. The van der Waals surface area contributed by atoms with Crippen molar-refractivity contribution in [1.29, 1.82) is 0 Å². The molecule has 0 saturated carbocycles. The Balaban J connectivity index is 2.26. The molecule has 0 aromatic heterocycles. The Labute approximate surface area is 132 Å². The topological polar surface area (TPSA) is 64.8 Å². The first-order valence-corrected chi connectivity index (χ1v) is 7.59. The van der Waals surface area contributed by atoms with Crippen LogP contribution in [0.3, 0.4) is 0 Å². The fraction of sp³-hybridized carbons (Fsp3) is 0.500. The Hall–Kier alpha value is -1.02. The number of nitrogens with zero attached hydrogens (tertiary/aromatic N) is 1. The summed E-state index contributed by atoms with van der Waals surface area (Å²) in [7, 11) is 3.15. The second kappa shape index (κ2) is 6.62. The molecule has 1 aromatic carbocycles. The molecule has 1 atom stereocenters. The van der Waals surface area contributed by atoms with Gasteiger partial charge >= 0.3 is 0 Å². The van der Waals surface area contributed by atoms with E-state index in [9.17, 15) is 4.79 Å². The summed E-state index contributed by atoms with van der Waals surface area (Å²) in [5, 5.41) is 0. The molecule has 1 aliphatic rings. The molecule has 20 heavy (non-hydrogen) atoms. The fourth-order valence-electron chi connectivity index (χ4n) is 2.40. The van der Waals surface area contributed by atoms with Gasteiger partial charge in [-0.05, 0) is 53.6 Å². The van der Waals surface area contributed by atoms with Crippen LogP contribution in [-0.2, 0) is 0 Å². The number of benzene rings is 1. The largest absolute Gasteiger partial charge is 0.493 e. The number of carbonyl (C=O) groups is 1.